The number of hydrogen-bond donors (Lipinski definition) is 1. The summed E-state index contributed by atoms with van der Waals surface area (Å²) < 4.78 is 10.5. The van der Waals surface area contributed by atoms with Gasteiger partial charge in [-0.25, -0.2) is 0 Å². The van der Waals surface area contributed by atoms with Crippen molar-refractivity contribution in [3.05, 3.63) is 0 Å². The largest absolute Gasteiger partial charge is 0.383 e. The highest BCUT2D eigenvalue weighted by molar-refractivity contribution is 4.89. The average Bonchev–Trinajstić information content (AvgIpc) is 2.84. The van der Waals surface area contributed by atoms with Crippen molar-refractivity contribution in [1.82, 2.24) is 4.90 Å². The van der Waals surface area contributed by atoms with Gasteiger partial charge in [0.05, 0.1) is 13.2 Å². The molecule has 1 unspecified atom stereocenters. The van der Waals surface area contributed by atoms with Gasteiger partial charge in [0.1, 0.15) is 0 Å². The van der Waals surface area contributed by atoms with E-state index in [2.05, 4.69) is 11.8 Å². The molecule has 0 heterocycles. The molecular weight excluding hydrogens is 228 g/mol. The zero-order valence-corrected chi connectivity index (χ0v) is 12.3. The lowest BCUT2D eigenvalue weighted by molar-refractivity contribution is 0.0460. The Morgan fingerprint density at radius 2 is 1.89 bits per heavy atom. The Kier molecular flexibility index (Phi) is 7.15. The fourth-order valence-electron chi connectivity index (χ4n) is 2.99. The third-order valence-electron chi connectivity index (χ3n) is 4.25. The third kappa shape index (κ3) is 4.50. The molecule has 1 rings (SSSR count). The van der Waals surface area contributed by atoms with Crippen molar-refractivity contribution in [1.29, 1.82) is 0 Å². The van der Waals surface area contributed by atoms with Gasteiger partial charge in [-0.1, -0.05) is 12.8 Å². The molecule has 0 aromatic rings. The maximum absolute atomic E-state index is 6.03. The number of hydrogen-bond acceptors (Lipinski definition) is 4. The quantitative estimate of drug-likeness (QED) is 0.681. The molecule has 0 amide bonds. The van der Waals surface area contributed by atoms with Crippen molar-refractivity contribution in [2.75, 3.05) is 47.1 Å². The van der Waals surface area contributed by atoms with E-state index in [0.717, 1.165) is 32.8 Å². The summed E-state index contributed by atoms with van der Waals surface area (Å²) in [6.07, 6.45) is 5.20. The summed E-state index contributed by atoms with van der Waals surface area (Å²) in [5, 5.41) is 0. The van der Waals surface area contributed by atoms with Gasteiger partial charge in [-0.2, -0.15) is 0 Å². The Morgan fingerprint density at radius 1 is 1.22 bits per heavy atom. The summed E-state index contributed by atoms with van der Waals surface area (Å²) in [6, 6.07) is 0.425. The highest BCUT2D eigenvalue weighted by atomic mass is 16.5. The summed E-state index contributed by atoms with van der Waals surface area (Å²) in [7, 11) is 3.52. The molecule has 4 nitrogen and oxygen atoms in total. The van der Waals surface area contributed by atoms with E-state index in [0.29, 0.717) is 11.5 Å². The third-order valence-corrected chi connectivity index (χ3v) is 4.25. The Morgan fingerprint density at radius 3 is 2.39 bits per heavy atom. The lowest BCUT2D eigenvalue weighted by Crippen LogP contribution is -2.47. The highest BCUT2D eigenvalue weighted by Gasteiger charge is 2.35. The normalized spacial score (nSPS) is 20.5. The van der Waals surface area contributed by atoms with Crippen molar-refractivity contribution in [3.8, 4) is 0 Å². The van der Waals surface area contributed by atoms with Crippen molar-refractivity contribution in [2.45, 2.75) is 38.6 Å². The van der Waals surface area contributed by atoms with Crippen LogP contribution in [0.15, 0.2) is 0 Å². The van der Waals surface area contributed by atoms with Crippen LogP contribution >= 0.6 is 0 Å². The zero-order chi connectivity index (χ0) is 13.4. The molecule has 0 aromatic heterocycles. The number of ether oxygens (including phenoxy) is 2. The van der Waals surface area contributed by atoms with E-state index < -0.39 is 0 Å². The van der Waals surface area contributed by atoms with Gasteiger partial charge in [0.15, 0.2) is 0 Å². The van der Waals surface area contributed by atoms with Crippen molar-refractivity contribution < 1.29 is 9.47 Å². The number of methoxy groups -OCH3 is 2. The molecule has 1 atom stereocenters. The van der Waals surface area contributed by atoms with Crippen LogP contribution < -0.4 is 5.73 Å². The first-order valence-corrected chi connectivity index (χ1v) is 7.09. The van der Waals surface area contributed by atoms with E-state index in [1.54, 1.807) is 14.2 Å². The van der Waals surface area contributed by atoms with Crippen LogP contribution in [0.1, 0.15) is 32.6 Å². The van der Waals surface area contributed by atoms with Crippen LogP contribution in [0.3, 0.4) is 0 Å². The SMILES string of the molecule is COCCN(CC1(CN)CCCC1)C(C)COC. The van der Waals surface area contributed by atoms with Gasteiger partial charge >= 0.3 is 0 Å². The van der Waals surface area contributed by atoms with Crippen molar-refractivity contribution in [3.63, 3.8) is 0 Å². The van der Waals surface area contributed by atoms with E-state index in [1.165, 1.54) is 25.7 Å². The fraction of sp³-hybridized carbons (Fsp3) is 1.00. The van der Waals surface area contributed by atoms with Crippen LogP contribution in [0.4, 0.5) is 0 Å². The van der Waals surface area contributed by atoms with E-state index in [4.69, 9.17) is 15.2 Å². The molecule has 1 saturated carbocycles. The Balaban J connectivity index is 2.57. The van der Waals surface area contributed by atoms with E-state index >= 15 is 0 Å². The molecule has 0 radical (unpaired) electrons. The first-order chi connectivity index (χ1) is 8.67. The van der Waals surface area contributed by atoms with Gasteiger partial charge in [0.2, 0.25) is 0 Å². The predicted octanol–water partition coefficient (Wildman–Crippen LogP) is 1.49. The maximum Gasteiger partial charge on any atom is 0.0615 e. The molecule has 2 N–H and O–H groups in total. The minimum Gasteiger partial charge on any atom is -0.383 e. The van der Waals surface area contributed by atoms with Crippen LogP contribution in [0.2, 0.25) is 0 Å². The monoisotopic (exact) mass is 258 g/mol. The van der Waals surface area contributed by atoms with Crippen LogP contribution in [-0.2, 0) is 9.47 Å². The summed E-state index contributed by atoms with van der Waals surface area (Å²) in [4.78, 5) is 2.48. The second-order valence-electron chi connectivity index (χ2n) is 5.68. The smallest absolute Gasteiger partial charge is 0.0615 e. The first-order valence-electron chi connectivity index (χ1n) is 7.09. The predicted molar refractivity (Wildman–Crippen MR) is 74.7 cm³/mol. The standard InChI is InChI=1S/C14H30N2O2/c1-13(10-18-3)16(8-9-17-2)12-14(11-15)6-4-5-7-14/h13H,4-12,15H2,1-3H3. The molecule has 0 saturated heterocycles. The van der Waals surface area contributed by atoms with Gasteiger partial charge in [-0.05, 0) is 31.7 Å². The van der Waals surface area contributed by atoms with Crippen LogP contribution in [-0.4, -0.2) is 58.0 Å². The fourth-order valence-corrected chi connectivity index (χ4v) is 2.99. The molecule has 0 aliphatic heterocycles. The summed E-state index contributed by atoms with van der Waals surface area (Å²) in [5.74, 6) is 0. The molecule has 1 fully saturated rings. The second-order valence-corrected chi connectivity index (χ2v) is 5.68. The zero-order valence-electron chi connectivity index (χ0n) is 12.3. The summed E-state index contributed by atoms with van der Waals surface area (Å²) in [6.45, 7) is 6.60. The molecule has 1 aliphatic rings. The van der Waals surface area contributed by atoms with Crippen LogP contribution in [0.5, 0.6) is 0 Å². The van der Waals surface area contributed by atoms with Crippen molar-refractivity contribution in [2.24, 2.45) is 11.1 Å². The van der Waals surface area contributed by atoms with Gasteiger partial charge in [0, 0.05) is 33.4 Å². The number of nitrogens with zero attached hydrogens (tertiary/aromatic N) is 1. The second kappa shape index (κ2) is 8.10. The molecule has 4 heteroatoms. The molecular formula is C14H30N2O2. The molecule has 0 spiro atoms. The van der Waals surface area contributed by atoms with E-state index in [-0.39, 0.29) is 0 Å². The van der Waals surface area contributed by atoms with Crippen LogP contribution in [0, 0.1) is 5.41 Å². The van der Waals surface area contributed by atoms with Crippen molar-refractivity contribution >= 4 is 0 Å². The minimum absolute atomic E-state index is 0.329. The summed E-state index contributed by atoms with van der Waals surface area (Å²) >= 11 is 0. The lowest BCUT2D eigenvalue weighted by atomic mass is 9.85. The molecule has 1 aliphatic carbocycles. The average molecular weight is 258 g/mol. The van der Waals surface area contributed by atoms with Gasteiger partial charge in [0.25, 0.3) is 0 Å². The lowest BCUT2D eigenvalue weighted by Gasteiger charge is -2.37. The van der Waals surface area contributed by atoms with Gasteiger partial charge in [-0.15, -0.1) is 0 Å². The van der Waals surface area contributed by atoms with Gasteiger partial charge in [-0.3, -0.25) is 4.90 Å². The molecule has 108 valence electrons. The maximum atomic E-state index is 6.03. The van der Waals surface area contributed by atoms with E-state index in [1.807, 2.05) is 0 Å². The van der Waals surface area contributed by atoms with Gasteiger partial charge < -0.3 is 15.2 Å². The Bertz CT molecular complexity index is 218. The molecule has 0 aromatic carbocycles. The summed E-state index contributed by atoms with van der Waals surface area (Å²) in [5.41, 5.74) is 6.36. The molecule has 0 bridgehead atoms. The van der Waals surface area contributed by atoms with Crippen LogP contribution in [0.25, 0.3) is 0 Å². The first kappa shape index (κ1) is 15.9. The topological polar surface area (TPSA) is 47.7 Å². The Labute approximate surface area is 112 Å². The highest BCUT2D eigenvalue weighted by Crippen LogP contribution is 2.38. The number of nitrogens with two attached hydrogens (primary N) is 1. The minimum atomic E-state index is 0.329. The van der Waals surface area contributed by atoms with E-state index in [9.17, 15) is 0 Å². The number of rotatable bonds is 9. The molecule has 18 heavy (non-hydrogen) atoms. The Hall–Kier alpha value is -0.160.